The fourth-order valence-corrected chi connectivity index (χ4v) is 4.80. The molecular weight excluding hydrogens is 390 g/mol. The maximum atomic E-state index is 13.5. The highest BCUT2D eigenvalue weighted by molar-refractivity contribution is 7.08. The van der Waals surface area contributed by atoms with E-state index < -0.39 is 0 Å². The molecule has 0 spiro atoms. The topological polar surface area (TPSA) is 36.4 Å². The molecule has 1 aliphatic heterocycles. The van der Waals surface area contributed by atoms with Crippen molar-refractivity contribution in [1.82, 2.24) is 9.88 Å². The smallest absolute Gasteiger partial charge is 0.254 e. The first-order valence-corrected chi connectivity index (χ1v) is 11.2. The van der Waals surface area contributed by atoms with E-state index in [1.165, 1.54) is 11.3 Å². The van der Waals surface area contributed by atoms with Gasteiger partial charge in [0.25, 0.3) is 5.91 Å². The predicted octanol–water partition coefficient (Wildman–Crippen LogP) is 5.23. The Hall–Kier alpha value is -3.18. The molecule has 2 aromatic carbocycles. The largest absolute Gasteiger partial charge is 0.368 e. The summed E-state index contributed by atoms with van der Waals surface area (Å²) in [5.41, 5.74) is 6.06. The molecule has 30 heavy (non-hydrogen) atoms. The fraction of sp³-hybridized carbons (Fsp3) is 0.200. The minimum atomic E-state index is 0.0921. The lowest BCUT2D eigenvalue weighted by Crippen LogP contribution is -2.49. The molecule has 0 unspecified atom stereocenters. The Balaban J connectivity index is 1.43. The number of benzene rings is 2. The van der Waals surface area contributed by atoms with E-state index in [2.05, 4.69) is 47.5 Å². The van der Waals surface area contributed by atoms with Crippen LogP contribution in [0.2, 0.25) is 0 Å². The number of anilines is 1. The zero-order valence-corrected chi connectivity index (χ0v) is 17.7. The van der Waals surface area contributed by atoms with Gasteiger partial charge in [0.05, 0.1) is 16.8 Å². The van der Waals surface area contributed by atoms with E-state index in [0.717, 1.165) is 53.9 Å². The van der Waals surface area contributed by atoms with Crippen LogP contribution in [0.25, 0.3) is 22.2 Å². The first kappa shape index (κ1) is 18.8. The molecule has 5 heteroatoms. The van der Waals surface area contributed by atoms with Crippen molar-refractivity contribution in [2.24, 2.45) is 0 Å². The van der Waals surface area contributed by atoms with Gasteiger partial charge >= 0.3 is 0 Å². The zero-order chi connectivity index (χ0) is 20.5. The molecule has 4 nitrogen and oxygen atoms in total. The van der Waals surface area contributed by atoms with Crippen LogP contribution in [0, 0.1) is 6.92 Å². The quantitative estimate of drug-likeness (QED) is 0.461. The molecule has 0 bridgehead atoms. The summed E-state index contributed by atoms with van der Waals surface area (Å²) in [5, 5.41) is 5.04. The molecule has 5 rings (SSSR count). The fourth-order valence-electron chi connectivity index (χ4n) is 4.15. The van der Waals surface area contributed by atoms with Crippen molar-refractivity contribution in [1.29, 1.82) is 0 Å². The molecule has 0 aliphatic carbocycles. The Bertz CT molecular complexity index is 1190. The van der Waals surface area contributed by atoms with Crippen molar-refractivity contribution >= 4 is 33.8 Å². The van der Waals surface area contributed by atoms with Crippen molar-refractivity contribution in [3.8, 4) is 11.3 Å². The number of hydrogen-bond acceptors (Lipinski definition) is 4. The van der Waals surface area contributed by atoms with Crippen LogP contribution in [0.3, 0.4) is 0 Å². The zero-order valence-electron chi connectivity index (χ0n) is 16.9. The van der Waals surface area contributed by atoms with Crippen LogP contribution < -0.4 is 4.90 Å². The average Bonchev–Trinajstić information content (AvgIpc) is 3.33. The summed E-state index contributed by atoms with van der Waals surface area (Å²) in [6, 6.07) is 20.4. The van der Waals surface area contributed by atoms with Crippen LogP contribution in [-0.2, 0) is 0 Å². The van der Waals surface area contributed by atoms with Gasteiger partial charge in [0.1, 0.15) is 0 Å². The number of para-hydroxylation sites is 2. The average molecular weight is 414 g/mol. The van der Waals surface area contributed by atoms with E-state index in [0.29, 0.717) is 0 Å². The number of fused-ring (bicyclic) bond motifs is 1. The van der Waals surface area contributed by atoms with Gasteiger partial charge in [-0.3, -0.25) is 4.79 Å². The summed E-state index contributed by atoms with van der Waals surface area (Å²) < 4.78 is 0. The summed E-state index contributed by atoms with van der Waals surface area (Å²) in [6.45, 7) is 5.27. The van der Waals surface area contributed by atoms with E-state index in [4.69, 9.17) is 4.98 Å². The van der Waals surface area contributed by atoms with Crippen LogP contribution in [0.5, 0.6) is 0 Å². The van der Waals surface area contributed by atoms with Gasteiger partial charge in [-0.25, -0.2) is 4.98 Å². The Morgan fingerprint density at radius 1 is 0.967 bits per heavy atom. The van der Waals surface area contributed by atoms with Gasteiger partial charge in [-0.15, -0.1) is 0 Å². The summed E-state index contributed by atoms with van der Waals surface area (Å²) in [5.74, 6) is 0.0921. The molecule has 3 heterocycles. The first-order chi connectivity index (χ1) is 14.7. The van der Waals surface area contributed by atoms with Gasteiger partial charge in [-0.05, 0) is 42.1 Å². The molecule has 2 aromatic heterocycles. The number of carbonyl (C=O) groups excluding carboxylic acids is 1. The molecule has 0 atom stereocenters. The van der Waals surface area contributed by atoms with Crippen LogP contribution in [0.4, 0.5) is 5.69 Å². The highest BCUT2D eigenvalue weighted by Crippen LogP contribution is 2.28. The van der Waals surface area contributed by atoms with Gasteiger partial charge in [0.2, 0.25) is 0 Å². The molecule has 1 aliphatic rings. The number of amides is 1. The third kappa shape index (κ3) is 3.46. The molecule has 1 amide bonds. The van der Waals surface area contributed by atoms with E-state index in [1.54, 1.807) is 11.3 Å². The second-order valence-electron chi connectivity index (χ2n) is 7.65. The Kier molecular flexibility index (Phi) is 4.97. The first-order valence-electron chi connectivity index (χ1n) is 10.2. The Labute approximate surface area is 180 Å². The monoisotopic (exact) mass is 413 g/mol. The van der Waals surface area contributed by atoms with Crippen LogP contribution >= 0.6 is 11.3 Å². The van der Waals surface area contributed by atoms with Gasteiger partial charge < -0.3 is 9.80 Å². The highest BCUT2D eigenvalue weighted by atomic mass is 32.1. The second-order valence-corrected chi connectivity index (χ2v) is 8.43. The van der Waals surface area contributed by atoms with Gasteiger partial charge in [-0.2, -0.15) is 11.3 Å². The van der Waals surface area contributed by atoms with Crippen LogP contribution in [-0.4, -0.2) is 42.0 Å². The van der Waals surface area contributed by atoms with Gasteiger partial charge in [0, 0.05) is 48.2 Å². The molecule has 1 fully saturated rings. The predicted molar refractivity (Wildman–Crippen MR) is 124 cm³/mol. The number of aromatic nitrogens is 1. The van der Waals surface area contributed by atoms with E-state index in [-0.39, 0.29) is 5.91 Å². The third-order valence-corrected chi connectivity index (χ3v) is 6.47. The Morgan fingerprint density at radius 2 is 1.73 bits per heavy atom. The van der Waals surface area contributed by atoms with Crippen molar-refractivity contribution in [3.05, 3.63) is 82.6 Å². The normalized spacial score (nSPS) is 14.3. The van der Waals surface area contributed by atoms with Crippen LogP contribution in [0.15, 0.2) is 71.4 Å². The maximum absolute atomic E-state index is 13.5. The van der Waals surface area contributed by atoms with Crippen molar-refractivity contribution in [2.75, 3.05) is 31.1 Å². The number of pyridine rings is 1. The second kappa shape index (κ2) is 7.92. The number of rotatable bonds is 3. The summed E-state index contributed by atoms with van der Waals surface area (Å²) in [6.07, 6.45) is 0. The molecular formula is C25H23N3OS. The molecule has 1 saturated heterocycles. The van der Waals surface area contributed by atoms with Crippen LogP contribution in [0.1, 0.15) is 15.9 Å². The molecule has 4 aromatic rings. The maximum Gasteiger partial charge on any atom is 0.254 e. The van der Waals surface area contributed by atoms with Crippen molar-refractivity contribution in [3.63, 3.8) is 0 Å². The molecule has 0 saturated carbocycles. The number of piperazine rings is 1. The Morgan fingerprint density at radius 3 is 2.50 bits per heavy atom. The standard InChI is InChI=1S/C25H23N3OS/c1-18-6-2-5-9-24(18)27-11-13-28(14-12-27)25(29)21-16-23(19-10-15-30-17-19)26-22-8-4-3-7-20(21)22/h2-10,15-17H,11-14H2,1H3. The lowest BCUT2D eigenvalue weighted by atomic mass is 10.0. The molecule has 0 radical (unpaired) electrons. The molecule has 150 valence electrons. The van der Waals surface area contributed by atoms with Gasteiger partial charge in [-0.1, -0.05) is 36.4 Å². The lowest BCUT2D eigenvalue weighted by Gasteiger charge is -2.37. The lowest BCUT2D eigenvalue weighted by molar-refractivity contribution is 0.0748. The van der Waals surface area contributed by atoms with Crippen molar-refractivity contribution < 1.29 is 4.79 Å². The molecule has 0 N–H and O–H groups in total. The van der Waals surface area contributed by atoms with E-state index in [1.807, 2.05) is 40.6 Å². The SMILES string of the molecule is Cc1ccccc1N1CCN(C(=O)c2cc(-c3ccsc3)nc3ccccc23)CC1. The number of hydrogen-bond donors (Lipinski definition) is 0. The highest BCUT2D eigenvalue weighted by Gasteiger charge is 2.25. The number of nitrogens with zero attached hydrogens (tertiary/aromatic N) is 3. The minimum absolute atomic E-state index is 0.0921. The van der Waals surface area contributed by atoms with Crippen molar-refractivity contribution in [2.45, 2.75) is 6.92 Å². The number of thiophene rings is 1. The number of aryl methyl sites for hydroxylation is 1. The summed E-state index contributed by atoms with van der Waals surface area (Å²) in [7, 11) is 0. The van der Waals surface area contributed by atoms with E-state index >= 15 is 0 Å². The van der Waals surface area contributed by atoms with Gasteiger partial charge in [0.15, 0.2) is 0 Å². The summed E-state index contributed by atoms with van der Waals surface area (Å²) >= 11 is 1.64. The summed E-state index contributed by atoms with van der Waals surface area (Å²) in [4.78, 5) is 22.7. The third-order valence-electron chi connectivity index (χ3n) is 5.79. The number of carbonyl (C=O) groups is 1. The minimum Gasteiger partial charge on any atom is -0.368 e. The van der Waals surface area contributed by atoms with E-state index in [9.17, 15) is 4.79 Å².